The molecule has 0 spiro atoms. The van der Waals surface area contributed by atoms with Crippen molar-refractivity contribution in [1.82, 2.24) is 4.98 Å². The number of rotatable bonds is 6. The first-order chi connectivity index (χ1) is 14.7. The average molecular weight is 609 g/mol. The quantitative estimate of drug-likeness (QED) is 0.180. The van der Waals surface area contributed by atoms with Crippen molar-refractivity contribution in [2.75, 3.05) is 0 Å². The third-order valence-corrected chi connectivity index (χ3v) is 4.71. The predicted molar refractivity (Wildman–Crippen MR) is 130 cm³/mol. The molecule has 3 rings (SSSR count). The van der Waals surface area contributed by atoms with E-state index in [1.807, 2.05) is 52.0 Å². The summed E-state index contributed by atoms with van der Waals surface area (Å²) in [4.78, 5) is 15.9. The van der Waals surface area contributed by atoms with Crippen molar-refractivity contribution in [2.24, 2.45) is 11.8 Å². The van der Waals surface area contributed by atoms with Gasteiger partial charge in [-0.25, -0.2) is 0 Å². The Bertz CT molecular complexity index is 1040. The van der Waals surface area contributed by atoms with Crippen LogP contribution in [-0.2, 0) is 24.9 Å². The van der Waals surface area contributed by atoms with Gasteiger partial charge in [0.05, 0.1) is 11.3 Å². The molecule has 0 atom stereocenters. The molecule has 1 heterocycles. The molecule has 0 unspecified atom stereocenters. The van der Waals surface area contributed by atoms with Gasteiger partial charge in [0.2, 0.25) is 0 Å². The Labute approximate surface area is 206 Å². The molecular weight excluding hydrogens is 575 g/mol. The SMILES string of the molecule is CC(C)CC(=O)/C=C(\O)CC(C)C.Cc1ccc2c(C)cc(-c3[c-]cccc3)nc2c1.[Ir]. The van der Waals surface area contributed by atoms with Crippen molar-refractivity contribution < 1.29 is 30.0 Å². The van der Waals surface area contributed by atoms with Crippen molar-refractivity contribution in [2.45, 2.75) is 54.4 Å². The molecule has 0 aliphatic rings. The Hall–Kier alpha value is -2.29. The van der Waals surface area contributed by atoms with Crippen molar-refractivity contribution in [3.05, 3.63) is 77.6 Å². The Balaban J connectivity index is 0.000000330. The minimum atomic E-state index is 0. The third kappa shape index (κ3) is 9.06. The zero-order valence-corrected chi connectivity index (χ0v) is 22.3. The fraction of sp³-hybridized carbons (Fsp3) is 0.357. The predicted octanol–water partition coefficient (Wildman–Crippen LogP) is 7.41. The van der Waals surface area contributed by atoms with Crippen LogP contribution in [0, 0.1) is 31.7 Å². The maximum atomic E-state index is 11.2. The number of aromatic nitrogens is 1. The first-order valence-electron chi connectivity index (χ1n) is 10.9. The average Bonchev–Trinajstić information content (AvgIpc) is 2.67. The molecule has 32 heavy (non-hydrogen) atoms. The second-order valence-corrected chi connectivity index (χ2v) is 8.92. The Kier molecular flexibility index (Phi) is 11.5. The van der Waals surface area contributed by atoms with Gasteiger partial charge in [0, 0.05) is 44.4 Å². The smallest absolute Gasteiger partial charge is 0.159 e. The summed E-state index contributed by atoms with van der Waals surface area (Å²) in [5, 5.41) is 10.6. The van der Waals surface area contributed by atoms with Gasteiger partial charge in [-0.2, -0.15) is 0 Å². The summed E-state index contributed by atoms with van der Waals surface area (Å²) in [6.07, 6.45) is 2.46. The van der Waals surface area contributed by atoms with Crippen LogP contribution in [0.15, 0.2) is 60.4 Å². The monoisotopic (exact) mass is 609 g/mol. The summed E-state index contributed by atoms with van der Waals surface area (Å²) in [5.41, 5.74) is 5.59. The summed E-state index contributed by atoms with van der Waals surface area (Å²) in [6, 6.07) is 19.7. The van der Waals surface area contributed by atoms with Gasteiger partial charge in [0.15, 0.2) is 5.78 Å². The number of pyridine rings is 1. The number of hydrogen-bond acceptors (Lipinski definition) is 3. The zero-order valence-electron chi connectivity index (χ0n) is 19.9. The number of carbonyl (C=O) groups excluding carboxylic acids is 1. The van der Waals surface area contributed by atoms with Crippen LogP contribution in [0.4, 0.5) is 0 Å². The molecule has 0 saturated carbocycles. The minimum absolute atomic E-state index is 0. The van der Waals surface area contributed by atoms with Crippen LogP contribution in [0.2, 0.25) is 0 Å². The zero-order chi connectivity index (χ0) is 23.0. The van der Waals surface area contributed by atoms with E-state index in [1.165, 1.54) is 22.6 Å². The molecule has 0 bridgehead atoms. The van der Waals surface area contributed by atoms with Gasteiger partial charge >= 0.3 is 0 Å². The van der Waals surface area contributed by atoms with Gasteiger partial charge in [-0.1, -0.05) is 45.9 Å². The van der Waals surface area contributed by atoms with E-state index in [4.69, 9.17) is 4.98 Å². The number of nitrogens with zero attached hydrogens (tertiary/aromatic N) is 1. The fourth-order valence-electron chi connectivity index (χ4n) is 3.33. The Morgan fingerprint density at radius 3 is 2.31 bits per heavy atom. The van der Waals surface area contributed by atoms with E-state index in [-0.39, 0.29) is 31.6 Å². The van der Waals surface area contributed by atoms with Crippen molar-refractivity contribution in [3.63, 3.8) is 0 Å². The topological polar surface area (TPSA) is 50.2 Å². The number of aliphatic hydroxyl groups excluding tert-OH is 1. The van der Waals surface area contributed by atoms with Gasteiger partial charge in [-0.3, -0.25) is 9.78 Å². The fourth-order valence-corrected chi connectivity index (χ4v) is 3.33. The van der Waals surface area contributed by atoms with Gasteiger partial charge in [-0.15, -0.1) is 35.9 Å². The van der Waals surface area contributed by atoms with E-state index in [0.717, 1.165) is 16.8 Å². The minimum Gasteiger partial charge on any atom is -0.512 e. The van der Waals surface area contributed by atoms with Crippen molar-refractivity contribution >= 4 is 16.7 Å². The summed E-state index contributed by atoms with van der Waals surface area (Å²) in [6.45, 7) is 12.2. The van der Waals surface area contributed by atoms with Crippen LogP contribution < -0.4 is 0 Å². The Morgan fingerprint density at radius 2 is 1.72 bits per heavy atom. The number of ketones is 1. The van der Waals surface area contributed by atoms with Gasteiger partial charge in [0.1, 0.15) is 0 Å². The maximum absolute atomic E-state index is 11.2. The summed E-state index contributed by atoms with van der Waals surface area (Å²) >= 11 is 0. The van der Waals surface area contributed by atoms with Gasteiger partial charge in [-0.05, 0) is 48.6 Å². The molecule has 0 fully saturated rings. The molecule has 1 N–H and O–H groups in total. The van der Waals surface area contributed by atoms with E-state index >= 15 is 0 Å². The van der Waals surface area contributed by atoms with Crippen LogP contribution in [0.3, 0.4) is 0 Å². The van der Waals surface area contributed by atoms with E-state index in [2.05, 4.69) is 44.2 Å². The molecule has 1 aromatic heterocycles. The van der Waals surface area contributed by atoms with E-state index in [1.54, 1.807) is 0 Å². The summed E-state index contributed by atoms with van der Waals surface area (Å²) < 4.78 is 0. The number of aryl methyl sites for hydroxylation is 2. The molecule has 3 aromatic rings. The molecule has 1 radical (unpaired) electrons. The molecule has 2 aromatic carbocycles. The van der Waals surface area contributed by atoms with E-state index in [0.29, 0.717) is 24.7 Å². The number of benzene rings is 2. The summed E-state index contributed by atoms with van der Waals surface area (Å²) in [7, 11) is 0. The van der Waals surface area contributed by atoms with Gasteiger partial charge in [0.25, 0.3) is 0 Å². The molecule has 4 heteroatoms. The first-order valence-corrected chi connectivity index (χ1v) is 10.9. The van der Waals surface area contributed by atoms with Crippen LogP contribution in [0.25, 0.3) is 22.2 Å². The maximum Gasteiger partial charge on any atom is 0.159 e. The number of hydrogen-bond donors (Lipinski definition) is 1. The number of allylic oxidation sites excluding steroid dienone is 2. The molecule has 0 saturated heterocycles. The standard InChI is InChI=1S/C17H14N.C11H20O2.Ir/c1-12-8-9-15-13(2)11-16(18-17(15)10-12)14-6-4-3-5-7-14;1-8(2)5-10(12)7-11(13)6-9(3)4;/h3-6,8-11H,1-2H3;7-9,12H,5-6H2,1-4H3;/q-1;;/b;10-7-;. The van der Waals surface area contributed by atoms with Gasteiger partial charge < -0.3 is 5.11 Å². The van der Waals surface area contributed by atoms with Crippen LogP contribution in [-0.4, -0.2) is 15.9 Å². The third-order valence-electron chi connectivity index (χ3n) is 4.71. The number of fused-ring (bicyclic) bond motifs is 1. The largest absolute Gasteiger partial charge is 0.512 e. The molecule has 0 aliphatic heterocycles. The molecular formula is C28H34IrNO2-. The molecule has 3 nitrogen and oxygen atoms in total. The molecule has 173 valence electrons. The number of aliphatic hydroxyl groups is 1. The van der Waals surface area contributed by atoms with Crippen LogP contribution in [0.5, 0.6) is 0 Å². The molecule has 0 aliphatic carbocycles. The first kappa shape index (κ1) is 27.7. The van der Waals surface area contributed by atoms with E-state index < -0.39 is 0 Å². The van der Waals surface area contributed by atoms with Crippen LogP contribution >= 0.6 is 0 Å². The van der Waals surface area contributed by atoms with Crippen molar-refractivity contribution in [1.29, 1.82) is 0 Å². The molecule has 0 amide bonds. The summed E-state index contributed by atoms with van der Waals surface area (Å²) in [5.74, 6) is 0.979. The number of carbonyl (C=O) groups is 1. The second-order valence-electron chi connectivity index (χ2n) is 8.92. The van der Waals surface area contributed by atoms with Crippen LogP contribution in [0.1, 0.15) is 51.7 Å². The second kappa shape index (κ2) is 13.3. The Morgan fingerprint density at radius 1 is 1.03 bits per heavy atom. The van der Waals surface area contributed by atoms with Crippen molar-refractivity contribution in [3.8, 4) is 11.3 Å². The van der Waals surface area contributed by atoms with E-state index in [9.17, 15) is 9.90 Å². The normalized spacial score (nSPS) is 11.2.